The fraction of sp³-hybridized carbons (Fsp3) is 0.292. The van der Waals surface area contributed by atoms with Crippen molar-refractivity contribution >= 4 is 22.6 Å². The highest BCUT2D eigenvalue weighted by atomic mass is 16.2. The molecule has 1 amide bonds. The summed E-state index contributed by atoms with van der Waals surface area (Å²) >= 11 is 0. The lowest BCUT2D eigenvalue weighted by Gasteiger charge is -2.12. The molecule has 2 heterocycles. The smallest absolute Gasteiger partial charge is 0.352 e. The molecule has 0 saturated heterocycles. The van der Waals surface area contributed by atoms with Crippen molar-refractivity contribution in [2.24, 2.45) is 5.92 Å². The lowest BCUT2D eigenvalue weighted by molar-refractivity contribution is 0.0949. The van der Waals surface area contributed by atoms with E-state index >= 15 is 0 Å². The van der Waals surface area contributed by atoms with Gasteiger partial charge in [-0.1, -0.05) is 43.7 Å². The van der Waals surface area contributed by atoms with E-state index in [0.717, 1.165) is 15.8 Å². The third-order valence-electron chi connectivity index (χ3n) is 5.39. The van der Waals surface area contributed by atoms with Gasteiger partial charge in [-0.2, -0.15) is 9.94 Å². The predicted octanol–water partition coefficient (Wildman–Crippen LogP) is 2.08. The average Bonchev–Trinajstić information content (AvgIpc) is 3.12. The van der Waals surface area contributed by atoms with Crippen LogP contribution < -0.4 is 16.6 Å². The van der Waals surface area contributed by atoms with E-state index in [4.69, 9.17) is 5.26 Å². The molecule has 0 spiro atoms. The molecule has 2 aromatic heterocycles. The lowest BCUT2D eigenvalue weighted by atomic mass is 10.1. The number of hydrogen-bond acceptors (Lipinski definition) is 5. The van der Waals surface area contributed by atoms with E-state index < -0.39 is 5.69 Å². The second-order valence-corrected chi connectivity index (χ2v) is 8.45. The number of carbonyl (C=O) groups is 1. The molecule has 0 unspecified atom stereocenters. The molecule has 33 heavy (non-hydrogen) atoms. The predicted molar refractivity (Wildman–Crippen MR) is 124 cm³/mol. The number of rotatable bonds is 6. The molecule has 9 heteroatoms. The van der Waals surface area contributed by atoms with E-state index in [1.165, 1.54) is 15.0 Å². The van der Waals surface area contributed by atoms with Crippen LogP contribution in [0.5, 0.6) is 0 Å². The number of amides is 1. The van der Waals surface area contributed by atoms with Crippen LogP contribution in [0.1, 0.15) is 35.3 Å². The summed E-state index contributed by atoms with van der Waals surface area (Å²) in [5.41, 5.74) is 1.69. The van der Waals surface area contributed by atoms with Gasteiger partial charge in [-0.3, -0.25) is 14.2 Å². The Morgan fingerprint density at radius 3 is 2.55 bits per heavy atom. The fourth-order valence-corrected chi connectivity index (χ4v) is 3.64. The highest BCUT2D eigenvalue weighted by molar-refractivity contribution is 5.98. The lowest BCUT2D eigenvalue weighted by Crippen LogP contribution is -2.29. The van der Waals surface area contributed by atoms with Gasteiger partial charge in [0.1, 0.15) is 6.54 Å². The second-order valence-electron chi connectivity index (χ2n) is 8.45. The molecule has 4 aromatic rings. The fourth-order valence-electron chi connectivity index (χ4n) is 3.64. The van der Waals surface area contributed by atoms with E-state index in [9.17, 15) is 14.4 Å². The standard InChI is InChI=1S/C24H24N6O3/c1-15(2)13-26-21(31)18-8-9-19-20(12-18)30-23(27-29(11-10-25)24(30)33)28(22(19)32)14-17-6-4-16(3)5-7-17/h4-9,12,15H,11,13-14H2,1-3H3,(H,26,31). The van der Waals surface area contributed by atoms with E-state index in [1.807, 2.05) is 51.1 Å². The Morgan fingerprint density at radius 2 is 1.88 bits per heavy atom. The second kappa shape index (κ2) is 8.74. The van der Waals surface area contributed by atoms with Crippen molar-refractivity contribution in [1.82, 2.24) is 24.1 Å². The molecule has 9 nitrogen and oxygen atoms in total. The van der Waals surface area contributed by atoms with Crippen LogP contribution in [0.15, 0.2) is 52.1 Å². The summed E-state index contributed by atoms with van der Waals surface area (Å²) in [6.07, 6.45) is 0. The molecule has 4 rings (SSSR count). The summed E-state index contributed by atoms with van der Waals surface area (Å²) in [5.74, 6) is 0.107. The Balaban J connectivity index is 1.95. The third-order valence-corrected chi connectivity index (χ3v) is 5.39. The molecule has 0 saturated carbocycles. The SMILES string of the molecule is Cc1ccc(Cn2c(=O)c3ccc(C(=O)NCC(C)C)cc3n3c(=O)n(CC#N)nc23)cc1. The number of nitriles is 1. The maximum absolute atomic E-state index is 13.4. The van der Waals surface area contributed by atoms with Crippen molar-refractivity contribution in [3.63, 3.8) is 0 Å². The molecule has 0 aliphatic heterocycles. The molecular formula is C24H24N6O3. The number of benzene rings is 2. The van der Waals surface area contributed by atoms with Gasteiger partial charge in [-0.05, 0) is 36.6 Å². The Labute approximate surface area is 189 Å². The summed E-state index contributed by atoms with van der Waals surface area (Å²) in [5, 5.41) is 16.5. The zero-order valence-electron chi connectivity index (χ0n) is 18.7. The summed E-state index contributed by atoms with van der Waals surface area (Å²) in [7, 11) is 0. The minimum Gasteiger partial charge on any atom is -0.352 e. The van der Waals surface area contributed by atoms with Gasteiger partial charge in [0.05, 0.1) is 23.5 Å². The van der Waals surface area contributed by atoms with Gasteiger partial charge in [0, 0.05) is 12.1 Å². The molecule has 0 aliphatic carbocycles. The van der Waals surface area contributed by atoms with Crippen LogP contribution >= 0.6 is 0 Å². The largest absolute Gasteiger partial charge is 0.353 e. The van der Waals surface area contributed by atoms with E-state index in [0.29, 0.717) is 12.1 Å². The van der Waals surface area contributed by atoms with Crippen molar-refractivity contribution in [3.8, 4) is 6.07 Å². The van der Waals surface area contributed by atoms with E-state index in [1.54, 1.807) is 12.1 Å². The summed E-state index contributed by atoms with van der Waals surface area (Å²) < 4.78 is 3.73. The minimum absolute atomic E-state index is 0.119. The number of carbonyl (C=O) groups excluding carboxylic acids is 1. The number of hydrogen-bond donors (Lipinski definition) is 1. The zero-order valence-corrected chi connectivity index (χ0v) is 18.7. The molecular weight excluding hydrogens is 420 g/mol. The Hall–Kier alpha value is -4.19. The zero-order chi connectivity index (χ0) is 23.7. The van der Waals surface area contributed by atoms with Crippen molar-refractivity contribution in [1.29, 1.82) is 5.26 Å². The molecule has 168 valence electrons. The van der Waals surface area contributed by atoms with Crippen LogP contribution in [0.4, 0.5) is 0 Å². The molecule has 1 N–H and O–H groups in total. The maximum Gasteiger partial charge on any atom is 0.353 e. The van der Waals surface area contributed by atoms with E-state index in [-0.39, 0.29) is 47.2 Å². The Kier molecular flexibility index (Phi) is 5.84. The molecule has 0 atom stereocenters. The van der Waals surface area contributed by atoms with Crippen LogP contribution in [-0.2, 0) is 13.1 Å². The van der Waals surface area contributed by atoms with Gasteiger partial charge in [0.2, 0.25) is 5.78 Å². The Bertz CT molecular complexity index is 1520. The van der Waals surface area contributed by atoms with Crippen molar-refractivity contribution < 1.29 is 4.79 Å². The number of aryl methyl sites for hydroxylation is 1. The average molecular weight is 444 g/mol. The highest BCUT2D eigenvalue weighted by Crippen LogP contribution is 2.16. The number of nitrogens with one attached hydrogen (secondary N) is 1. The summed E-state index contributed by atoms with van der Waals surface area (Å²) in [6.45, 7) is 6.41. The maximum atomic E-state index is 13.4. The number of aromatic nitrogens is 4. The minimum atomic E-state index is -0.547. The van der Waals surface area contributed by atoms with Crippen LogP contribution in [0, 0.1) is 24.2 Å². The first kappa shape index (κ1) is 22.0. The molecule has 0 radical (unpaired) electrons. The van der Waals surface area contributed by atoms with Gasteiger partial charge in [-0.15, -0.1) is 5.10 Å². The molecule has 0 bridgehead atoms. The quantitative estimate of drug-likeness (QED) is 0.489. The first-order chi connectivity index (χ1) is 15.8. The van der Waals surface area contributed by atoms with Crippen LogP contribution in [0.2, 0.25) is 0 Å². The topological polar surface area (TPSA) is 114 Å². The number of nitrogens with zero attached hydrogens (tertiary/aromatic N) is 5. The van der Waals surface area contributed by atoms with Crippen molar-refractivity contribution in [2.75, 3.05) is 6.54 Å². The van der Waals surface area contributed by atoms with Gasteiger partial charge in [-0.25, -0.2) is 9.20 Å². The van der Waals surface area contributed by atoms with Crippen LogP contribution in [-0.4, -0.2) is 31.2 Å². The van der Waals surface area contributed by atoms with Gasteiger partial charge < -0.3 is 5.32 Å². The van der Waals surface area contributed by atoms with Crippen molar-refractivity contribution in [2.45, 2.75) is 33.9 Å². The first-order valence-corrected chi connectivity index (χ1v) is 10.7. The molecule has 0 aliphatic rings. The monoisotopic (exact) mass is 444 g/mol. The first-order valence-electron chi connectivity index (χ1n) is 10.7. The summed E-state index contributed by atoms with van der Waals surface area (Å²) in [6, 6.07) is 14.3. The molecule has 2 aromatic carbocycles. The molecule has 0 fully saturated rings. The third kappa shape index (κ3) is 4.15. The summed E-state index contributed by atoms with van der Waals surface area (Å²) in [4.78, 5) is 39.1. The van der Waals surface area contributed by atoms with Gasteiger partial charge in [0.25, 0.3) is 11.5 Å². The van der Waals surface area contributed by atoms with Gasteiger partial charge >= 0.3 is 5.69 Å². The van der Waals surface area contributed by atoms with Crippen LogP contribution in [0.3, 0.4) is 0 Å². The normalized spacial score (nSPS) is 11.2. The Morgan fingerprint density at radius 1 is 1.15 bits per heavy atom. The highest BCUT2D eigenvalue weighted by Gasteiger charge is 2.19. The number of fused-ring (bicyclic) bond motifs is 3. The van der Waals surface area contributed by atoms with Crippen LogP contribution in [0.25, 0.3) is 16.7 Å². The van der Waals surface area contributed by atoms with Crippen molar-refractivity contribution in [3.05, 3.63) is 80.0 Å². The van der Waals surface area contributed by atoms with E-state index in [2.05, 4.69) is 10.4 Å². The van der Waals surface area contributed by atoms with Gasteiger partial charge in [0.15, 0.2) is 0 Å².